The summed E-state index contributed by atoms with van der Waals surface area (Å²) in [6, 6.07) is 3.80. The summed E-state index contributed by atoms with van der Waals surface area (Å²) >= 11 is 5.71. The third-order valence-electron chi connectivity index (χ3n) is 2.41. The number of hydrazine groups is 1. The van der Waals surface area contributed by atoms with Gasteiger partial charge >= 0.3 is 0 Å². The molecular formula is C12H18ClFN2O2. The summed E-state index contributed by atoms with van der Waals surface area (Å²) in [6.07, 6.45) is -0.652. The lowest BCUT2D eigenvalue weighted by molar-refractivity contribution is -0.155. The first-order valence-electron chi connectivity index (χ1n) is 5.78. The van der Waals surface area contributed by atoms with Crippen LogP contribution in [0.3, 0.4) is 0 Å². The Bertz CT molecular complexity index is 373. The molecule has 0 bridgehead atoms. The van der Waals surface area contributed by atoms with Crippen molar-refractivity contribution in [3.8, 4) is 0 Å². The first-order chi connectivity index (χ1) is 8.63. The number of ether oxygens (including phenoxy) is 2. The van der Waals surface area contributed by atoms with Crippen molar-refractivity contribution in [2.45, 2.75) is 26.2 Å². The Morgan fingerprint density at radius 1 is 1.33 bits per heavy atom. The van der Waals surface area contributed by atoms with Crippen LogP contribution in [0.5, 0.6) is 0 Å². The smallest absolute Gasteiger partial charge is 0.178 e. The topological polar surface area (TPSA) is 56.5 Å². The van der Waals surface area contributed by atoms with E-state index in [0.29, 0.717) is 23.8 Å². The second kappa shape index (κ2) is 7.66. The molecule has 4 nitrogen and oxygen atoms in total. The lowest BCUT2D eigenvalue weighted by Gasteiger charge is -2.26. The Kier molecular flexibility index (Phi) is 6.52. The van der Waals surface area contributed by atoms with Crippen LogP contribution in [0.4, 0.5) is 4.39 Å². The Labute approximate surface area is 111 Å². The molecule has 0 saturated carbocycles. The molecule has 1 unspecified atom stereocenters. The van der Waals surface area contributed by atoms with Crippen molar-refractivity contribution in [1.29, 1.82) is 0 Å². The molecule has 0 aliphatic rings. The molecule has 0 aliphatic carbocycles. The normalized spacial score (nSPS) is 13.0. The van der Waals surface area contributed by atoms with Crippen LogP contribution in [0.25, 0.3) is 0 Å². The van der Waals surface area contributed by atoms with Gasteiger partial charge in [-0.25, -0.2) is 9.82 Å². The number of nitrogens with two attached hydrogens (primary N) is 1. The molecule has 0 fully saturated rings. The Morgan fingerprint density at radius 2 is 1.94 bits per heavy atom. The molecule has 1 rings (SSSR count). The fourth-order valence-electron chi connectivity index (χ4n) is 1.64. The predicted octanol–water partition coefficient (Wildman–Crippen LogP) is 2.38. The number of benzene rings is 1. The minimum atomic E-state index is -0.652. The van der Waals surface area contributed by atoms with Gasteiger partial charge in [-0.2, -0.15) is 0 Å². The van der Waals surface area contributed by atoms with E-state index in [-0.39, 0.29) is 0 Å². The summed E-state index contributed by atoms with van der Waals surface area (Å²) in [5, 5.41) is 0.330. The summed E-state index contributed by atoms with van der Waals surface area (Å²) in [6.45, 7) is 4.55. The van der Waals surface area contributed by atoms with Gasteiger partial charge in [0.05, 0.1) is 6.04 Å². The zero-order valence-corrected chi connectivity index (χ0v) is 11.2. The number of rotatable bonds is 7. The van der Waals surface area contributed by atoms with Crippen LogP contribution in [0.2, 0.25) is 5.02 Å². The summed E-state index contributed by atoms with van der Waals surface area (Å²) < 4.78 is 24.7. The molecule has 18 heavy (non-hydrogen) atoms. The van der Waals surface area contributed by atoms with Crippen molar-refractivity contribution in [2.75, 3.05) is 13.2 Å². The van der Waals surface area contributed by atoms with Crippen LogP contribution in [0.15, 0.2) is 18.2 Å². The standard InChI is InChI=1S/C12H18ClFN2O2/c1-3-17-12(18-4-2)11(16-15)9-6-5-8(13)7-10(9)14/h5-7,11-12,16H,3-4,15H2,1-2H3. The second-order valence-electron chi connectivity index (χ2n) is 3.59. The van der Waals surface area contributed by atoms with Crippen LogP contribution in [0, 0.1) is 5.82 Å². The predicted molar refractivity (Wildman–Crippen MR) is 68.5 cm³/mol. The average Bonchev–Trinajstić information content (AvgIpc) is 2.33. The van der Waals surface area contributed by atoms with E-state index in [1.165, 1.54) is 6.07 Å². The lowest BCUT2D eigenvalue weighted by Crippen LogP contribution is -2.40. The molecule has 1 aromatic carbocycles. The van der Waals surface area contributed by atoms with Crippen molar-refractivity contribution in [3.63, 3.8) is 0 Å². The quantitative estimate of drug-likeness (QED) is 0.456. The molecule has 0 aliphatic heterocycles. The fourth-order valence-corrected chi connectivity index (χ4v) is 1.80. The highest BCUT2D eigenvalue weighted by Gasteiger charge is 2.25. The highest BCUT2D eigenvalue weighted by Crippen LogP contribution is 2.24. The van der Waals surface area contributed by atoms with E-state index >= 15 is 0 Å². The van der Waals surface area contributed by atoms with Crippen LogP contribution in [0.1, 0.15) is 25.5 Å². The number of hydrogen-bond acceptors (Lipinski definition) is 4. The van der Waals surface area contributed by atoms with Crippen molar-refractivity contribution in [3.05, 3.63) is 34.6 Å². The number of nitrogens with one attached hydrogen (secondary N) is 1. The minimum Gasteiger partial charge on any atom is -0.351 e. The summed E-state index contributed by atoms with van der Waals surface area (Å²) in [4.78, 5) is 0. The Morgan fingerprint density at radius 3 is 2.39 bits per heavy atom. The van der Waals surface area contributed by atoms with E-state index in [4.69, 9.17) is 26.9 Å². The first kappa shape index (κ1) is 15.3. The Hall–Kier alpha value is -0.720. The van der Waals surface area contributed by atoms with Crippen LogP contribution in [-0.2, 0) is 9.47 Å². The van der Waals surface area contributed by atoms with Gasteiger partial charge in [-0.15, -0.1) is 0 Å². The van der Waals surface area contributed by atoms with E-state index in [1.54, 1.807) is 12.1 Å². The SMILES string of the molecule is CCOC(OCC)C(NN)c1ccc(Cl)cc1F. The zero-order valence-electron chi connectivity index (χ0n) is 10.5. The molecule has 0 heterocycles. The van der Waals surface area contributed by atoms with E-state index in [0.717, 1.165) is 0 Å². The maximum atomic E-state index is 13.8. The molecule has 1 aromatic rings. The van der Waals surface area contributed by atoms with E-state index in [9.17, 15) is 4.39 Å². The molecule has 6 heteroatoms. The molecule has 0 saturated heterocycles. The molecule has 0 amide bonds. The maximum absolute atomic E-state index is 13.8. The van der Waals surface area contributed by atoms with E-state index in [1.807, 2.05) is 13.8 Å². The average molecular weight is 277 g/mol. The highest BCUT2D eigenvalue weighted by atomic mass is 35.5. The van der Waals surface area contributed by atoms with E-state index in [2.05, 4.69) is 5.43 Å². The fraction of sp³-hybridized carbons (Fsp3) is 0.500. The van der Waals surface area contributed by atoms with Crippen LogP contribution in [-0.4, -0.2) is 19.5 Å². The van der Waals surface area contributed by atoms with Crippen LogP contribution < -0.4 is 11.3 Å². The van der Waals surface area contributed by atoms with Gasteiger partial charge in [0.1, 0.15) is 5.82 Å². The molecule has 0 aromatic heterocycles. The largest absolute Gasteiger partial charge is 0.351 e. The third-order valence-corrected chi connectivity index (χ3v) is 2.65. The van der Waals surface area contributed by atoms with Gasteiger partial charge in [-0.05, 0) is 26.0 Å². The summed E-state index contributed by atoms with van der Waals surface area (Å²) in [5.41, 5.74) is 2.87. The van der Waals surface area contributed by atoms with Gasteiger partial charge in [0, 0.05) is 23.8 Å². The van der Waals surface area contributed by atoms with Crippen molar-refractivity contribution in [2.24, 2.45) is 5.84 Å². The van der Waals surface area contributed by atoms with Crippen molar-refractivity contribution in [1.82, 2.24) is 5.43 Å². The zero-order chi connectivity index (χ0) is 13.5. The molecule has 1 atom stereocenters. The lowest BCUT2D eigenvalue weighted by atomic mass is 10.1. The van der Waals surface area contributed by atoms with Gasteiger partial charge in [-0.1, -0.05) is 17.7 Å². The molecule has 0 radical (unpaired) electrons. The van der Waals surface area contributed by atoms with Gasteiger partial charge < -0.3 is 9.47 Å². The molecule has 3 N–H and O–H groups in total. The van der Waals surface area contributed by atoms with Gasteiger partial charge in [0.25, 0.3) is 0 Å². The van der Waals surface area contributed by atoms with Crippen molar-refractivity contribution < 1.29 is 13.9 Å². The van der Waals surface area contributed by atoms with Gasteiger partial charge in [-0.3, -0.25) is 5.84 Å². The van der Waals surface area contributed by atoms with Crippen molar-refractivity contribution >= 4 is 11.6 Å². The Balaban J connectivity index is 2.98. The molecular weight excluding hydrogens is 259 g/mol. The molecule has 0 spiro atoms. The van der Waals surface area contributed by atoms with E-state index < -0.39 is 18.1 Å². The first-order valence-corrected chi connectivity index (χ1v) is 6.16. The summed E-state index contributed by atoms with van der Waals surface area (Å²) in [5.74, 6) is 5.01. The number of halogens is 2. The minimum absolute atomic E-state index is 0.330. The van der Waals surface area contributed by atoms with Gasteiger partial charge in [0.15, 0.2) is 6.29 Å². The summed E-state index contributed by atoms with van der Waals surface area (Å²) in [7, 11) is 0. The maximum Gasteiger partial charge on any atom is 0.178 e. The van der Waals surface area contributed by atoms with Crippen LogP contribution >= 0.6 is 11.6 Å². The van der Waals surface area contributed by atoms with Gasteiger partial charge in [0.2, 0.25) is 0 Å². The monoisotopic (exact) mass is 276 g/mol. The second-order valence-corrected chi connectivity index (χ2v) is 4.03. The highest BCUT2D eigenvalue weighted by molar-refractivity contribution is 6.30. The number of hydrogen-bond donors (Lipinski definition) is 2. The third kappa shape index (κ3) is 3.90. The molecule has 102 valence electrons.